The SMILES string of the molecule is CNCc1ccc(F)cc1.Cc1ccc(CN2CC3N(C(=O)CN(C)N3C=O)[C@@H](CC(C)C)C2=O)cc1. The molecule has 0 aliphatic carbocycles. The van der Waals surface area contributed by atoms with Gasteiger partial charge in [-0.3, -0.25) is 19.4 Å². The zero-order valence-electron chi connectivity index (χ0n) is 22.4. The van der Waals surface area contributed by atoms with Gasteiger partial charge in [0.25, 0.3) is 0 Å². The number of fused-ring (bicyclic) bond motifs is 1. The standard InChI is InChI=1S/C20H28N4O3.C8H10FN/c1-14(2)9-17-20(27)22(10-16-7-5-15(3)6-8-16)11-18-23(13-25)21(4)12-19(26)24(17)18;1-10-6-7-2-4-8(9)5-3-7/h5-8,13-14,17-18H,9-12H2,1-4H3;2-5,10H,6H2,1H3/t17-,18?;/m0./s1. The highest BCUT2D eigenvalue weighted by atomic mass is 19.1. The summed E-state index contributed by atoms with van der Waals surface area (Å²) < 4.78 is 12.3. The summed E-state index contributed by atoms with van der Waals surface area (Å²) in [5.74, 6) is -0.0604. The Kier molecular flexibility index (Phi) is 9.77. The number of hydrogen-bond donors (Lipinski definition) is 1. The number of aryl methyl sites for hydroxylation is 1. The van der Waals surface area contributed by atoms with Crippen LogP contribution >= 0.6 is 0 Å². The van der Waals surface area contributed by atoms with E-state index in [1.54, 1.807) is 34.0 Å². The molecule has 2 aromatic carbocycles. The number of rotatable bonds is 7. The van der Waals surface area contributed by atoms with Crippen molar-refractivity contribution in [2.24, 2.45) is 5.92 Å². The van der Waals surface area contributed by atoms with E-state index in [0.717, 1.165) is 24.1 Å². The fourth-order valence-electron chi connectivity index (χ4n) is 4.72. The minimum Gasteiger partial charge on any atom is -0.333 e. The van der Waals surface area contributed by atoms with Crippen LogP contribution in [-0.2, 0) is 27.5 Å². The molecule has 2 aliphatic heterocycles. The van der Waals surface area contributed by atoms with Crippen molar-refractivity contribution < 1.29 is 18.8 Å². The molecule has 0 spiro atoms. The average Bonchev–Trinajstić information content (AvgIpc) is 2.85. The molecule has 0 bridgehead atoms. The van der Waals surface area contributed by atoms with Gasteiger partial charge in [0.05, 0.1) is 13.1 Å². The molecule has 8 nitrogen and oxygen atoms in total. The Morgan fingerprint density at radius 3 is 2.24 bits per heavy atom. The topological polar surface area (TPSA) is 76.2 Å². The quantitative estimate of drug-likeness (QED) is 0.579. The molecule has 4 rings (SSSR count). The zero-order valence-corrected chi connectivity index (χ0v) is 22.4. The predicted molar refractivity (Wildman–Crippen MR) is 140 cm³/mol. The van der Waals surface area contributed by atoms with E-state index in [-0.39, 0.29) is 30.1 Å². The maximum Gasteiger partial charge on any atom is 0.245 e. The van der Waals surface area contributed by atoms with Crippen LogP contribution in [0.25, 0.3) is 0 Å². The summed E-state index contributed by atoms with van der Waals surface area (Å²) in [5, 5.41) is 6.14. The van der Waals surface area contributed by atoms with Crippen molar-refractivity contribution in [2.45, 2.75) is 52.5 Å². The number of carbonyl (C=O) groups is 3. The number of amides is 3. The van der Waals surface area contributed by atoms with E-state index >= 15 is 0 Å². The molecule has 2 saturated heterocycles. The first-order valence-corrected chi connectivity index (χ1v) is 12.6. The van der Waals surface area contributed by atoms with E-state index in [0.29, 0.717) is 19.5 Å². The lowest BCUT2D eigenvalue weighted by Crippen LogP contribution is -2.74. The van der Waals surface area contributed by atoms with Gasteiger partial charge in [-0.05, 0) is 49.6 Å². The van der Waals surface area contributed by atoms with Crippen molar-refractivity contribution in [3.05, 3.63) is 71.0 Å². The first-order chi connectivity index (χ1) is 17.6. The molecule has 2 atom stereocenters. The number of carbonyl (C=O) groups excluding carboxylic acids is 3. The number of benzene rings is 2. The lowest BCUT2D eigenvalue weighted by molar-refractivity contribution is -0.197. The molecular formula is C28H38FN5O3. The maximum atomic E-state index is 13.2. The summed E-state index contributed by atoms with van der Waals surface area (Å²) in [6, 6.07) is 14.0. The van der Waals surface area contributed by atoms with Crippen LogP contribution < -0.4 is 5.32 Å². The van der Waals surface area contributed by atoms with Crippen LogP contribution in [0.2, 0.25) is 0 Å². The summed E-state index contributed by atoms with van der Waals surface area (Å²) >= 11 is 0. The minimum atomic E-state index is -0.530. The number of nitrogens with one attached hydrogen (secondary N) is 1. The molecule has 2 aromatic rings. The molecule has 0 aromatic heterocycles. The lowest BCUT2D eigenvalue weighted by atomic mass is 9.96. The van der Waals surface area contributed by atoms with Crippen LogP contribution in [0.4, 0.5) is 4.39 Å². The van der Waals surface area contributed by atoms with Crippen molar-refractivity contribution in [3.8, 4) is 0 Å². The van der Waals surface area contributed by atoms with E-state index in [1.165, 1.54) is 22.7 Å². The summed E-state index contributed by atoms with van der Waals surface area (Å²) in [7, 11) is 3.59. The minimum absolute atomic E-state index is 0.0377. The van der Waals surface area contributed by atoms with E-state index < -0.39 is 12.2 Å². The molecule has 0 radical (unpaired) electrons. The number of nitrogens with zero attached hydrogens (tertiary/aromatic N) is 4. The van der Waals surface area contributed by atoms with Gasteiger partial charge in [-0.1, -0.05) is 55.8 Å². The van der Waals surface area contributed by atoms with Crippen LogP contribution in [0.3, 0.4) is 0 Å². The highest BCUT2D eigenvalue weighted by Crippen LogP contribution is 2.28. The second-order valence-corrected chi connectivity index (χ2v) is 10.1. The van der Waals surface area contributed by atoms with Gasteiger partial charge in [0, 0.05) is 20.1 Å². The Balaban J connectivity index is 0.000000319. The Morgan fingerprint density at radius 2 is 1.68 bits per heavy atom. The molecule has 200 valence electrons. The predicted octanol–water partition coefficient (Wildman–Crippen LogP) is 2.77. The third-order valence-electron chi connectivity index (χ3n) is 6.58. The third kappa shape index (κ3) is 7.14. The number of likely N-dealkylation sites (N-methyl/N-ethyl adjacent to an activating group) is 1. The number of halogens is 1. The molecule has 1 unspecified atom stereocenters. The first-order valence-electron chi connectivity index (χ1n) is 12.6. The molecule has 37 heavy (non-hydrogen) atoms. The first kappa shape index (κ1) is 28.3. The molecular weight excluding hydrogens is 473 g/mol. The van der Waals surface area contributed by atoms with Crippen LogP contribution in [0.15, 0.2) is 48.5 Å². The lowest BCUT2D eigenvalue weighted by Gasteiger charge is -2.54. The second kappa shape index (κ2) is 12.8. The highest BCUT2D eigenvalue weighted by Gasteiger charge is 2.48. The normalized spacial score (nSPS) is 20.0. The molecule has 1 N–H and O–H groups in total. The van der Waals surface area contributed by atoms with Gasteiger partial charge in [0.2, 0.25) is 18.2 Å². The van der Waals surface area contributed by atoms with Gasteiger partial charge in [0.15, 0.2) is 0 Å². The van der Waals surface area contributed by atoms with E-state index in [9.17, 15) is 18.8 Å². The Bertz CT molecular complexity index is 1060. The van der Waals surface area contributed by atoms with Crippen molar-refractivity contribution in [3.63, 3.8) is 0 Å². The molecule has 9 heteroatoms. The third-order valence-corrected chi connectivity index (χ3v) is 6.58. The summed E-state index contributed by atoms with van der Waals surface area (Å²) in [5.41, 5.74) is 3.31. The largest absolute Gasteiger partial charge is 0.333 e. The Labute approximate surface area is 219 Å². The second-order valence-electron chi connectivity index (χ2n) is 10.1. The molecule has 0 saturated carbocycles. The van der Waals surface area contributed by atoms with Crippen molar-refractivity contribution in [1.29, 1.82) is 0 Å². The summed E-state index contributed by atoms with van der Waals surface area (Å²) in [4.78, 5) is 41.0. The molecule has 3 amide bonds. The van der Waals surface area contributed by atoms with Crippen LogP contribution in [0.5, 0.6) is 0 Å². The zero-order chi connectivity index (χ0) is 27.1. The van der Waals surface area contributed by atoms with Crippen LogP contribution in [0.1, 0.15) is 37.0 Å². The number of hydrazine groups is 1. The van der Waals surface area contributed by atoms with Crippen LogP contribution in [-0.4, -0.2) is 77.4 Å². The van der Waals surface area contributed by atoms with Gasteiger partial charge in [-0.15, -0.1) is 0 Å². The van der Waals surface area contributed by atoms with Gasteiger partial charge in [-0.2, -0.15) is 0 Å². The molecule has 2 fully saturated rings. The fraction of sp³-hybridized carbons (Fsp3) is 0.464. The van der Waals surface area contributed by atoms with Crippen molar-refractivity contribution in [2.75, 3.05) is 27.2 Å². The average molecular weight is 512 g/mol. The smallest absolute Gasteiger partial charge is 0.245 e. The van der Waals surface area contributed by atoms with E-state index in [4.69, 9.17) is 0 Å². The van der Waals surface area contributed by atoms with Gasteiger partial charge >= 0.3 is 0 Å². The van der Waals surface area contributed by atoms with Crippen molar-refractivity contribution in [1.82, 2.24) is 25.1 Å². The summed E-state index contributed by atoms with van der Waals surface area (Å²) in [6.07, 6.45) is 0.874. The van der Waals surface area contributed by atoms with E-state index in [1.807, 2.05) is 52.1 Å². The Morgan fingerprint density at radius 1 is 1.05 bits per heavy atom. The molecule has 2 aliphatic rings. The van der Waals surface area contributed by atoms with Crippen LogP contribution in [0, 0.1) is 18.7 Å². The van der Waals surface area contributed by atoms with Crippen molar-refractivity contribution >= 4 is 18.2 Å². The summed E-state index contributed by atoms with van der Waals surface area (Å²) in [6.45, 7) is 7.80. The Hall–Kier alpha value is -3.30. The fourth-order valence-corrected chi connectivity index (χ4v) is 4.72. The van der Waals surface area contributed by atoms with E-state index in [2.05, 4.69) is 5.32 Å². The van der Waals surface area contributed by atoms with Gasteiger partial charge < -0.3 is 15.1 Å². The number of hydrogen-bond acceptors (Lipinski definition) is 5. The monoisotopic (exact) mass is 511 g/mol. The maximum absolute atomic E-state index is 13.2. The molecule has 2 heterocycles. The highest BCUT2D eigenvalue weighted by molar-refractivity contribution is 5.90. The van der Waals surface area contributed by atoms with Gasteiger partial charge in [-0.25, -0.2) is 9.40 Å². The number of piperazine rings is 1. The van der Waals surface area contributed by atoms with Gasteiger partial charge in [0.1, 0.15) is 18.0 Å².